The summed E-state index contributed by atoms with van der Waals surface area (Å²) < 4.78 is 38.7. The van der Waals surface area contributed by atoms with Crippen LogP contribution in [0.1, 0.15) is 28.1 Å². The quantitative estimate of drug-likeness (QED) is 0.675. The Kier molecular flexibility index (Phi) is 4.15. The molecule has 0 amide bonds. The first-order valence-electron chi connectivity index (χ1n) is 8.53. The van der Waals surface area contributed by atoms with E-state index in [1.807, 2.05) is 19.1 Å². The second-order valence-electron chi connectivity index (χ2n) is 6.75. The molecule has 1 aliphatic rings. The summed E-state index contributed by atoms with van der Waals surface area (Å²) in [5.41, 5.74) is 3.94. The first kappa shape index (κ1) is 17.0. The van der Waals surface area contributed by atoms with Gasteiger partial charge in [0.15, 0.2) is 5.65 Å². The molecule has 0 spiro atoms. The lowest BCUT2D eigenvalue weighted by Gasteiger charge is -2.28. The monoisotopic (exact) mass is 357 g/mol. The van der Waals surface area contributed by atoms with Gasteiger partial charge >= 0.3 is 6.18 Å². The molecule has 3 heterocycles. The maximum Gasteiger partial charge on any atom is 0.416 e. The van der Waals surface area contributed by atoms with E-state index in [1.165, 1.54) is 12.1 Å². The zero-order valence-electron chi connectivity index (χ0n) is 14.3. The Morgan fingerprint density at radius 2 is 1.92 bits per heavy atom. The number of hydrogen-bond acceptors (Lipinski definition) is 3. The van der Waals surface area contributed by atoms with Crippen molar-refractivity contribution in [2.45, 2.75) is 32.6 Å². The Labute approximate surface area is 149 Å². The second-order valence-corrected chi connectivity index (χ2v) is 6.75. The van der Waals surface area contributed by atoms with Crippen LogP contribution >= 0.6 is 0 Å². The number of pyridine rings is 2. The Hall–Kier alpha value is -2.47. The summed E-state index contributed by atoms with van der Waals surface area (Å²) >= 11 is 0. The SMILES string of the molecule is Cc1ccc2cc3c(nc2n1)CCN(Cc1cccc(C(F)(F)F)c1)C3. The third kappa shape index (κ3) is 3.42. The number of aromatic nitrogens is 2. The lowest BCUT2D eigenvalue weighted by Crippen LogP contribution is -2.30. The molecule has 0 atom stereocenters. The molecule has 3 aromatic rings. The van der Waals surface area contributed by atoms with Crippen molar-refractivity contribution in [3.05, 3.63) is 70.5 Å². The predicted molar refractivity (Wildman–Crippen MR) is 93.5 cm³/mol. The number of aryl methyl sites for hydroxylation is 1. The molecular weight excluding hydrogens is 339 g/mol. The molecule has 1 aliphatic heterocycles. The van der Waals surface area contributed by atoms with E-state index in [0.29, 0.717) is 18.7 Å². The molecule has 0 N–H and O–H groups in total. The van der Waals surface area contributed by atoms with Crippen molar-refractivity contribution >= 4 is 11.0 Å². The average Bonchev–Trinajstić information content (AvgIpc) is 2.59. The molecule has 4 rings (SSSR count). The van der Waals surface area contributed by atoms with Gasteiger partial charge in [-0.2, -0.15) is 13.2 Å². The number of fused-ring (bicyclic) bond motifs is 2. The molecule has 0 saturated heterocycles. The van der Waals surface area contributed by atoms with Crippen LogP contribution in [-0.2, 0) is 25.7 Å². The summed E-state index contributed by atoms with van der Waals surface area (Å²) in [6, 6.07) is 11.6. The Morgan fingerprint density at radius 1 is 1.08 bits per heavy atom. The summed E-state index contributed by atoms with van der Waals surface area (Å²) in [5.74, 6) is 0. The van der Waals surface area contributed by atoms with Crippen molar-refractivity contribution in [2.75, 3.05) is 6.54 Å². The third-order valence-corrected chi connectivity index (χ3v) is 4.71. The highest BCUT2D eigenvalue weighted by Gasteiger charge is 2.30. The van der Waals surface area contributed by atoms with Crippen molar-refractivity contribution in [1.29, 1.82) is 0 Å². The lowest BCUT2D eigenvalue weighted by atomic mass is 10.0. The minimum atomic E-state index is -4.31. The van der Waals surface area contributed by atoms with Gasteiger partial charge in [-0.05, 0) is 42.3 Å². The van der Waals surface area contributed by atoms with Crippen LogP contribution in [0.15, 0.2) is 42.5 Å². The van der Waals surface area contributed by atoms with Gasteiger partial charge in [-0.1, -0.05) is 18.2 Å². The fraction of sp³-hybridized carbons (Fsp3) is 0.300. The molecule has 0 aliphatic carbocycles. The normalized spacial score (nSPS) is 15.2. The first-order chi connectivity index (χ1) is 12.4. The van der Waals surface area contributed by atoms with E-state index < -0.39 is 11.7 Å². The van der Waals surface area contributed by atoms with Crippen molar-refractivity contribution in [3.63, 3.8) is 0 Å². The summed E-state index contributed by atoms with van der Waals surface area (Å²) in [7, 11) is 0. The van der Waals surface area contributed by atoms with Crippen molar-refractivity contribution in [2.24, 2.45) is 0 Å². The second kappa shape index (κ2) is 6.36. The van der Waals surface area contributed by atoms with Gasteiger partial charge in [0.1, 0.15) is 0 Å². The Balaban J connectivity index is 1.56. The van der Waals surface area contributed by atoms with Crippen LogP contribution in [-0.4, -0.2) is 21.4 Å². The minimum absolute atomic E-state index is 0.494. The molecule has 0 unspecified atom stereocenters. The molecule has 0 fully saturated rings. The standard InChI is InChI=1S/C20H18F3N3/c1-13-5-6-15-10-16-12-26(8-7-18(16)25-19(15)24-13)11-14-3-2-4-17(9-14)20(21,22)23/h2-6,9-10H,7-8,11-12H2,1H3. The van der Waals surface area contributed by atoms with Gasteiger partial charge < -0.3 is 0 Å². The lowest BCUT2D eigenvalue weighted by molar-refractivity contribution is -0.137. The molecule has 26 heavy (non-hydrogen) atoms. The van der Waals surface area contributed by atoms with E-state index in [4.69, 9.17) is 0 Å². The molecule has 134 valence electrons. The minimum Gasteiger partial charge on any atom is -0.294 e. The molecule has 0 radical (unpaired) electrons. The fourth-order valence-electron chi connectivity index (χ4n) is 3.40. The van der Waals surface area contributed by atoms with E-state index in [9.17, 15) is 13.2 Å². The number of hydrogen-bond donors (Lipinski definition) is 0. The molecular formula is C20H18F3N3. The van der Waals surface area contributed by atoms with Gasteiger partial charge in [0, 0.05) is 42.8 Å². The largest absolute Gasteiger partial charge is 0.416 e. The highest BCUT2D eigenvalue weighted by Crippen LogP contribution is 2.30. The van der Waals surface area contributed by atoms with E-state index in [2.05, 4.69) is 20.9 Å². The first-order valence-corrected chi connectivity index (χ1v) is 8.53. The van der Waals surface area contributed by atoms with Gasteiger partial charge in [0.05, 0.1) is 5.56 Å². The highest BCUT2D eigenvalue weighted by molar-refractivity contribution is 5.76. The Morgan fingerprint density at radius 3 is 2.73 bits per heavy atom. The Bertz CT molecular complexity index is 966. The fourth-order valence-corrected chi connectivity index (χ4v) is 3.40. The smallest absolute Gasteiger partial charge is 0.294 e. The van der Waals surface area contributed by atoms with Crippen LogP contribution in [0, 0.1) is 6.92 Å². The molecule has 6 heteroatoms. The summed E-state index contributed by atoms with van der Waals surface area (Å²) in [6.07, 6.45) is -3.53. The number of nitrogens with zero attached hydrogens (tertiary/aromatic N) is 3. The van der Waals surface area contributed by atoms with Crippen LogP contribution in [0.25, 0.3) is 11.0 Å². The average molecular weight is 357 g/mol. The predicted octanol–water partition coefficient (Wildman–Crippen LogP) is 4.52. The molecule has 0 saturated carbocycles. The van der Waals surface area contributed by atoms with Gasteiger partial charge in [0.25, 0.3) is 0 Å². The topological polar surface area (TPSA) is 29.0 Å². The maximum absolute atomic E-state index is 12.9. The van der Waals surface area contributed by atoms with Crippen molar-refractivity contribution in [1.82, 2.24) is 14.9 Å². The van der Waals surface area contributed by atoms with Crippen molar-refractivity contribution < 1.29 is 13.2 Å². The van der Waals surface area contributed by atoms with Gasteiger partial charge in [-0.3, -0.25) is 4.90 Å². The van der Waals surface area contributed by atoms with E-state index in [-0.39, 0.29) is 0 Å². The third-order valence-electron chi connectivity index (χ3n) is 4.71. The summed E-state index contributed by atoms with van der Waals surface area (Å²) in [6.45, 7) is 3.89. The summed E-state index contributed by atoms with van der Waals surface area (Å²) in [4.78, 5) is 11.3. The maximum atomic E-state index is 12.9. The van der Waals surface area contributed by atoms with Crippen LogP contribution in [0.5, 0.6) is 0 Å². The van der Waals surface area contributed by atoms with Crippen LogP contribution in [0.2, 0.25) is 0 Å². The molecule has 2 aromatic heterocycles. The molecule has 3 nitrogen and oxygen atoms in total. The van der Waals surface area contributed by atoms with E-state index in [1.54, 1.807) is 6.07 Å². The number of halogens is 3. The zero-order valence-corrected chi connectivity index (χ0v) is 14.3. The van der Waals surface area contributed by atoms with Crippen LogP contribution < -0.4 is 0 Å². The summed E-state index contributed by atoms with van der Waals surface area (Å²) in [5, 5.41) is 0.996. The van der Waals surface area contributed by atoms with Gasteiger partial charge in [-0.25, -0.2) is 9.97 Å². The molecule has 1 aromatic carbocycles. The van der Waals surface area contributed by atoms with Gasteiger partial charge in [-0.15, -0.1) is 0 Å². The zero-order chi connectivity index (χ0) is 18.3. The molecule has 0 bridgehead atoms. The number of rotatable bonds is 2. The highest BCUT2D eigenvalue weighted by atomic mass is 19.4. The van der Waals surface area contributed by atoms with E-state index >= 15 is 0 Å². The number of benzene rings is 1. The van der Waals surface area contributed by atoms with Crippen LogP contribution in [0.3, 0.4) is 0 Å². The van der Waals surface area contributed by atoms with Crippen molar-refractivity contribution in [3.8, 4) is 0 Å². The van der Waals surface area contributed by atoms with Crippen LogP contribution in [0.4, 0.5) is 13.2 Å². The van der Waals surface area contributed by atoms with E-state index in [0.717, 1.165) is 47.0 Å². The van der Waals surface area contributed by atoms with Gasteiger partial charge in [0.2, 0.25) is 0 Å². The number of alkyl halides is 3.